The molecule has 0 radical (unpaired) electrons. The van der Waals surface area contributed by atoms with E-state index < -0.39 is 0 Å². The van der Waals surface area contributed by atoms with E-state index in [2.05, 4.69) is 5.32 Å². The highest BCUT2D eigenvalue weighted by molar-refractivity contribution is 5.77. The van der Waals surface area contributed by atoms with Gasteiger partial charge in [-0.15, -0.1) is 0 Å². The maximum absolute atomic E-state index is 11.6. The minimum absolute atomic E-state index is 0.0701. The van der Waals surface area contributed by atoms with Crippen molar-refractivity contribution in [1.29, 1.82) is 0 Å². The van der Waals surface area contributed by atoms with Crippen LogP contribution in [0.5, 0.6) is 0 Å². The Kier molecular flexibility index (Phi) is 4.73. The van der Waals surface area contributed by atoms with E-state index in [1.165, 1.54) is 0 Å². The van der Waals surface area contributed by atoms with E-state index in [-0.39, 0.29) is 24.7 Å². The fraction of sp³-hybridized carbons (Fsp3) is 0.500. The number of nitrogens with two attached hydrogens (primary N) is 1. The molecule has 0 heterocycles. The van der Waals surface area contributed by atoms with E-state index in [4.69, 9.17) is 10.5 Å². The Balaban J connectivity index is 1.63. The summed E-state index contributed by atoms with van der Waals surface area (Å²) in [6.07, 6.45) is 2.98. The van der Waals surface area contributed by atoms with Gasteiger partial charge in [0.1, 0.15) is 6.61 Å². The van der Waals surface area contributed by atoms with Crippen molar-refractivity contribution in [2.75, 3.05) is 6.61 Å². The van der Waals surface area contributed by atoms with Crippen molar-refractivity contribution < 1.29 is 9.53 Å². The average Bonchev–Trinajstić information content (AvgIpc) is 2.81. The second kappa shape index (κ2) is 6.52. The van der Waals surface area contributed by atoms with Gasteiger partial charge < -0.3 is 15.8 Å². The molecule has 1 aromatic rings. The molecular weight excluding hydrogens is 228 g/mol. The maximum atomic E-state index is 11.6. The highest BCUT2D eigenvalue weighted by atomic mass is 16.5. The molecule has 4 nitrogen and oxygen atoms in total. The highest BCUT2D eigenvalue weighted by Crippen LogP contribution is 2.19. The van der Waals surface area contributed by atoms with Crippen molar-refractivity contribution in [2.45, 2.75) is 38.0 Å². The van der Waals surface area contributed by atoms with Gasteiger partial charge in [-0.1, -0.05) is 30.3 Å². The molecule has 1 amide bonds. The highest BCUT2D eigenvalue weighted by Gasteiger charge is 2.22. The maximum Gasteiger partial charge on any atom is 0.246 e. The lowest BCUT2D eigenvalue weighted by molar-refractivity contribution is -0.127. The van der Waals surface area contributed by atoms with Gasteiger partial charge in [0.05, 0.1) is 6.10 Å². The van der Waals surface area contributed by atoms with Gasteiger partial charge in [0.25, 0.3) is 0 Å². The number of benzene rings is 1. The fourth-order valence-corrected chi connectivity index (χ4v) is 2.17. The number of hydrogen-bond donors (Lipinski definition) is 2. The van der Waals surface area contributed by atoms with Crippen LogP contribution < -0.4 is 11.1 Å². The molecule has 0 bridgehead atoms. The summed E-state index contributed by atoms with van der Waals surface area (Å²) in [7, 11) is 0. The molecule has 0 aliphatic heterocycles. The number of carbonyl (C=O) groups is 1. The monoisotopic (exact) mass is 248 g/mol. The molecule has 98 valence electrons. The van der Waals surface area contributed by atoms with Crippen molar-refractivity contribution in [3.05, 3.63) is 35.9 Å². The Morgan fingerprint density at radius 2 is 2.11 bits per heavy atom. The van der Waals surface area contributed by atoms with E-state index in [9.17, 15) is 4.79 Å². The van der Waals surface area contributed by atoms with Crippen LogP contribution in [-0.4, -0.2) is 24.7 Å². The Morgan fingerprint density at radius 1 is 1.33 bits per heavy atom. The summed E-state index contributed by atoms with van der Waals surface area (Å²) in [6, 6.07) is 10.1. The third-order valence-corrected chi connectivity index (χ3v) is 3.21. The molecule has 4 heteroatoms. The molecule has 1 aliphatic rings. The molecule has 2 unspecified atom stereocenters. The summed E-state index contributed by atoms with van der Waals surface area (Å²) >= 11 is 0. The summed E-state index contributed by atoms with van der Waals surface area (Å²) in [4.78, 5) is 11.6. The Hall–Kier alpha value is -1.39. The number of rotatable bonds is 5. The quantitative estimate of drug-likeness (QED) is 0.823. The number of hydrogen-bond acceptors (Lipinski definition) is 3. The van der Waals surface area contributed by atoms with Crippen molar-refractivity contribution in [3.63, 3.8) is 0 Å². The first-order chi connectivity index (χ1) is 8.74. The van der Waals surface area contributed by atoms with Crippen LogP contribution in [0.2, 0.25) is 0 Å². The molecule has 1 aromatic carbocycles. The molecule has 18 heavy (non-hydrogen) atoms. The van der Waals surface area contributed by atoms with Crippen LogP contribution in [0, 0.1) is 0 Å². The first kappa shape index (κ1) is 13.1. The van der Waals surface area contributed by atoms with Crippen LogP contribution in [0.1, 0.15) is 24.8 Å². The minimum atomic E-state index is -0.0701. The van der Waals surface area contributed by atoms with E-state index in [0.717, 1.165) is 24.8 Å². The van der Waals surface area contributed by atoms with Gasteiger partial charge in [0.15, 0.2) is 0 Å². The summed E-state index contributed by atoms with van der Waals surface area (Å²) in [5.74, 6) is -0.0701. The average molecular weight is 248 g/mol. The summed E-state index contributed by atoms with van der Waals surface area (Å²) in [5, 5.41) is 2.84. The zero-order chi connectivity index (χ0) is 12.8. The lowest BCUT2D eigenvalue weighted by Crippen LogP contribution is -2.29. The van der Waals surface area contributed by atoms with Crippen LogP contribution in [0.25, 0.3) is 0 Å². The molecule has 3 N–H and O–H groups in total. The number of ether oxygens (including phenoxy) is 1. The molecule has 2 rings (SSSR count). The largest absolute Gasteiger partial charge is 0.368 e. The van der Waals surface area contributed by atoms with Gasteiger partial charge in [0, 0.05) is 12.6 Å². The lowest BCUT2D eigenvalue weighted by Gasteiger charge is -2.11. The van der Waals surface area contributed by atoms with Crippen LogP contribution in [0.15, 0.2) is 30.3 Å². The van der Waals surface area contributed by atoms with Gasteiger partial charge in [0.2, 0.25) is 5.91 Å². The molecular formula is C14H20N2O2. The summed E-state index contributed by atoms with van der Waals surface area (Å²) < 4.78 is 5.53. The first-order valence-electron chi connectivity index (χ1n) is 6.42. The molecule has 0 aromatic heterocycles. The topological polar surface area (TPSA) is 64.3 Å². The summed E-state index contributed by atoms with van der Waals surface area (Å²) in [5.41, 5.74) is 6.88. The molecule has 0 saturated heterocycles. The van der Waals surface area contributed by atoms with Crippen LogP contribution in [-0.2, 0) is 16.1 Å². The molecule has 0 spiro atoms. The van der Waals surface area contributed by atoms with Crippen molar-refractivity contribution in [3.8, 4) is 0 Å². The molecule has 1 saturated carbocycles. The number of amides is 1. The van der Waals surface area contributed by atoms with E-state index in [1.54, 1.807) is 0 Å². The van der Waals surface area contributed by atoms with E-state index >= 15 is 0 Å². The number of nitrogens with one attached hydrogen (secondary N) is 1. The van der Waals surface area contributed by atoms with Gasteiger partial charge in [-0.05, 0) is 24.8 Å². The smallest absolute Gasteiger partial charge is 0.246 e. The SMILES string of the molecule is NC1CCC(OCC(=O)NCc2ccccc2)C1. The Bertz CT molecular complexity index is 381. The zero-order valence-electron chi connectivity index (χ0n) is 10.5. The van der Waals surface area contributed by atoms with Gasteiger partial charge in [-0.2, -0.15) is 0 Å². The fourth-order valence-electron chi connectivity index (χ4n) is 2.17. The second-order valence-corrected chi connectivity index (χ2v) is 4.77. The van der Waals surface area contributed by atoms with Crippen LogP contribution >= 0.6 is 0 Å². The predicted molar refractivity (Wildman–Crippen MR) is 69.9 cm³/mol. The van der Waals surface area contributed by atoms with Crippen molar-refractivity contribution >= 4 is 5.91 Å². The number of carbonyl (C=O) groups excluding carboxylic acids is 1. The third-order valence-electron chi connectivity index (χ3n) is 3.21. The normalized spacial score (nSPS) is 22.9. The van der Waals surface area contributed by atoms with Gasteiger partial charge in [-0.25, -0.2) is 0 Å². The van der Waals surface area contributed by atoms with E-state index in [1.807, 2.05) is 30.3 Å². The lowest BCUT2D eigenvalue weighted by atomic mass is 10.2. The van der Waals surface area contributed by atoms with Crippen LogP contribution in [0.4, 0.5) is 0 Å². The molecule has 1 aliphatic carbocycles. The van der Waals surface area contributed by atoms with Crippen molar-refractivity contribution in [2.24, 2.45) is 5.73 Å². The van der Waals surface area contributed by atoms with E-state index in [0.29, 0.717) is 6.54 Å². The molecule has 2 atom stereocenters. The van der Waals surface area contributed by atoms with Gasteiger partial charge >= 0.3 is 0 Å². The third kappa shape index (κ3) is 4.13. The Morgan fingerprint density at radius 3 is 2.78 bits per heavy atom. The second-order valence-electron chi connectivity index (χ2n) is 4.77. The predicted octanol–water partition coefficient (Wildman–Crippen LogP) is 1.20. The standard InChI is InChI=1S/C14H20N2O2/c15-12-6-7-13(8-12)18-10-14(17)16-9-11-4-2-1-3-5-11/h1-5,12-13H,6-10,15H2,(H,16,17). The van der Waals surface area contributed by atoms with Gasteiger partial charge in [-0.3, -0.25) is 4.79 Å². The van der Waals surface area contributed by atoms with Crippen molar-refractivity contribution in [1.82, 2.24) is 5.32 Å². The molecule has 1 fully saturated rings. The first-order valence-corrected chi connectivity index (χ1v) is 6.42. The zero-order valence-corrected chi connectivity index (χ0v) is 10.5. The minimum Gasteiger partial charge on any atom is -0.368 e. The van der Waals surface area contributed by atoms with Crippen LogP contribution in [0.3, 0.4) is 0 Å². The summed E-state index contributed by atoms with van der Waals surface area (Å²) in [6.45, 7) is 0.678. The Labute approximate surface area is 108 Å².